The van der Waals surface area contributed by atoms with Gasteiger partial charge in [0.05, 0.1) is 5.02 Å². The first-order valence-electron chi connectivity index (χ1n) is 7.71. The number of halogens is 1. The first kappa shape index (κ1) is 16.7. The Morgan fingerprint density at radius 3 is 2.67 bits per heavy atom. The van der Waals surface area contributed by atoms with E-state index in [-0.39, 0.29) is 11.6 Å². The number of rotatable bonds is 5. The van der Waals surface area contributed by atoms with Crippen LogP contribution in [0.5, 0.6) is 0 Å². The van der Waals surface area contributed by atoms with Gasteiger partial charge in [0, 0.05) is 24.0 Å². The zero-order valence-electron chi connectivity index (χ0n) is 13.3. The smallest absolute Gasteiger partial charge is 0.0621 e. The van der Waals surface area contributed by atoms with Gasteiger partial charge in [-0.25, -0.2) is 0 Å². The largest absolute Gasteiger partial charge is 0.302 e. The van der Waals surface area contributed by atoms with Crippen LogP contribution in [0.15, 0.2) is 18.5 Å². The van der Waals surface area contributed by atoms with Crippen LogP contribution in [0.1, 0.15) is 38.2 Å². The molecule has 1 aliphatic carbocycles. The summed E-state index contributed by atoms with van der Waals surface area (Å²) in [5.41, 5.74) is 4.26. The van der Waals surface area contributed by atoms with E-state index in [1.807, 2.05) is 6.07 Å². The van der Waals surface area contributed by atoms with Crippen molar-refractivity contribution >= 4 is 11.6 Å². The van der Waals surface area contributed by atoms with E-state index in [1.54, 1.807) is 12.4 Å². The van der Waals surface area contributed by atoms with Crippen LogP contribution in [-0.2, 0) is 6.42 Å². The fourth-order valence-corrected chi connectivity index (χ4v) is 3.76. The highest BCUT2D eigenvalue weighted by molar-refractivity contribution is 6.31. The van der Waals surface area contributed by atoms with E-state index >= 15 is 0 Å². The van der Waals surface area contributed by atoms with Gasteiger partial charge in [-0.3, -0.25) is 16.3 Å². The molecule has 1 aromatic rings. The molecule has 0 spiro atoms. The molecule has 1 aromatic heterocycles. The number of hydrogen-bond donors (Lipinski definition) is 2. The third-order valence-electron chi connectivity index (χ3n) is 5.16. The Bertz CT molecular complexity index is 455. The number of hydrogen-bond acceptors (Lipinski definition) is 4. The van der Waals surface area contributed by atoms with Gasteiger partial charge in [-0.1, -0.05) is 18.5 Å². The summed E-state index contributed by atoms with van der Waals surface area (Å²) in [5, 5.41) is 0.718. The average molecular weight is 311 g/mol. The molecule has 4 nitrogen and oxygen atoms in total. The zero-order valence-corrected chi connectivity index (χ0v) is 14.0. The van der Waals surface area contributed by atoms with Gasteiger partial charge in [0.2, 0.25) is 0 Å². The minimum absolute atomic E-state index is 0.0911. The van der Waals surface area contributed by atoms with Crippen molar-refractivity contribution in [2.45, 2.75) is 50.6 Å². The monoisotopic (exact) mass is 310 g/mol. The van der Waals surface area contributed by atoms with E-state index in [2.05, 4.69) is 36.3 Å². The fraction of sp³-hybridized carbons (Fsp3) is 0.688. The Kier molecular flexibility index (Phi) is 5.60. The van der Waals surface area contributed by atoms with Gasteiger partial charge in [0.1, 0.15) is 0 Å². The molecule has 1 fully saturated rings. The second kappa shape index (κ2) is 7.05. The second-order valence-corrected chi connectivity index (χ2v) is 6.98. The van der Waals surface area contributed by atoms with Gasteiger partial charge in [0.25, 0.3) is 0 Å². The summed E-state index contributed by atoms with van der Waals surface area (Å²) in [4.78, 5) is 6.40. The van der Waals surface area contributed by atoms with Gasteiger partial charge in [-0.15, -0.1) is 0 Å². The number of aromatic nitrogens is 1. The lowest BCUT2D eigenvalue weighted by Gasteiger charge is -2.49. The van der Waals surface area contributed by atoms with Gasteiger partial charge in [0.15, 0.2) is 0 Å². The molecule has 21 heavy (non-hydrogen) atoms. The molecule has 118 valence electrons. The van der Waals surface area contributed by atoms with Crippen molar-refractivity contribution in [3.8, 4) is 0 Å². The lowest BCUT2D eigenvalue weighted by atomic mass is 9.71. The number of hydrazine groups is 1. The molecule has 1 heterocycles. The predicted molar refractivity (Wildman–Crippen MR) is 88.1 cm³/mol. The molecule has 0 bridgehead atoms. The quantitative estimate of drug-likeness (QED) is 0.648. The normalized spacial score (nSPS) is 27.8. The highest BCUT2D eigenvalue weighted by Crippen LogP contribution is 2.38. The Balaban J connectivity index is 2.23. The highest BCUT2D eigenvalue weighted by atomic mass is 35.5. The van der Waals surface area contributed by atoms with Crippen molar-refractivity contribution in [2.24, 2.45) is 11.8 Å². The van der Waals surface area contributed by atoms with Crippen molar-refractivity contribution < 1.29 is 0 Å². The molecular weight excluding hydrogens is 284 g/mol. The molecule has 0 saturated heterocycles. The fourth-order valence-electron chi connectivity index (χ4n) is 3.56. The molecule has 0 amide bonds. The third kappa shape index (κ3) is 3.57. The lowest BCUT2D eigenvalue weighted by molar-refractivity contribution is 0.0434. The van der Waals surface area contributed by atoms with Crippen molar-refractivity contribution in [3.63, 3.8) is 0 Å². The minimum atomic E-state index is 0.0911. The Hall–Kier alpha value is -0.680. The summed E-state index contributed by atoms with van der Waals surface area (Å²) < 4.78 is 0. The van der Waals surface area contributed by atoms with Crippen LogP contribution in [0.3, 0.4) is 0 Å². The van der Waals surface area contributed by atoms with Gasteiger partial charge in [-0.2, -0.15) is 0 Å². The van der Waals surface area contributed by atoms with E-state index in [9.17, 15) is 0 Å². The van der Waals surface area contributed by atoms with E-state index in [0.717, 1.165) is 22.9 Å². The predicted octanol–water partition coefficient (Wildman–Crippen LogP) is 2.62. The molecule has 3 N–H and O–H groups in total. The first-order chi connectivity index (χ1) is 9.99. The van der Waals surface area contributed by atoms with Crippen molar-refractivity contribution in [2.75, 3.05) is 14.1 Å². The van der Waals surface area contributed by atoms with Crippen LogP contribution in [0.2, 0.25) is 5.02 Å². The average Bonchev–Trinajstić information content (AvgIpc) is 2.47. The molecule has 0 aromatic carbocycles. The summed E-state index contributed by atoms with van der Waals surface area (Å²) in [5.74, 6) is 6.73. The second-order valence-electron chi connectivity index (χ2n) is 6.57. The van der Waals surface area contributed by atoms with E-state index in [1.165, 1.54) is 25.7 Å². The SMILES string of the molecule is CC1CCC(C(Cc2ccncc2Cl)NN)(N(C)C)CC1. The number of nitrogens with one attached hydrogen (secondary N) is 1. The van der Waals surface area contributed by atoms with Gasteiger partial charge < -0.3 is 4.90 Å². The summed E-state index contributed by atoms with van der Waals surface area (Å²) in [6, 6.07) is 2.17. The minimum Gasteiger partial charge on any atom is -0.302 e. The Morgan fingerprint density at radius 2 is 2.14 bits per heavy atom. The maximum absolute atomic E-state index is 6.27. The molecular formula is C16H27ClN4. The van der Waals surface area contributed by atoms with Crippen molar-refractivity contribution in [3.05, 3.63) is 29.0 Å². The van der Waals surface area contributed by atoms with Gasteiger partial charge >= 0.3 is 0 Å². The lowest BCUT2D eigenvalue weighted by Crippen LogP contribution is -2.62. The van der Waals surface area contributed by atoms with Crippen molar-refractivity contribution in [1.29, 1.82) is 0 Å². The Labute approximate surface area is 133 Å². The molecule has 1 atom stereocenters. The summed E-state index contributed by atoms with van der Waals surface area (Å²) in [6.45, 7) is 2.34. The van der Waals surface area contributed by atoms with E-state index in [4.69, 9.17) is 17.4 Å². The topological polar surface area (TPSA) is 54.2 Å². The van der Waals surface area contributed by atoms with Gasteiger partial charge in [-0.05, 0) is 63.7 Å². The number of nitrogens with zero attached hydrogens (tertiary/aromatic N) is 2. The van der Waals surface area contributed by atoms with Crippen LogP contribution in [0, 0.1) is 5.92 Å². The maximum Gasteiger partial charge on any atom is 0.0621 e. The number of nitrogens with two attached hydrogens (primary N) is 1. The van der Waals surface area contributed by atoms with Crippen LogP contribution >= 0.6 is 11.6 Å². The summed E-state index contributed by atoms with van der Waals surface area (Å²) in [7, 11) is 4.32. The van der Waals surface area contributed by atoms with Crippen LogP contribution in [0.4, 0.5) is 0 Å². The molecule has 1 unspecified atom stereocenters. The van der Waals surface area contributed by atoms with Crippen LogP contribution < -0.4 is 11.3 Å². The third-order valence-corrected chi connectivity index (χ3v) is 5.50. The molecule has 0 aliphatic heterocycles. The number of pyridine rings is 1. The zero-order chi connectivity index (χ0) is 15.5. The van der Waals surface area contributed by atoms with Crippen LogP contribution in [0.25, 0.3) is 0 Å². The van der Waals surface area contributed by atoms with Crippen LogP contribution in [-0.4, -0.2) is 35.6 Å². The summed E-state index contributed by atoms with van der Waals surface area (Å²) >= 11 is 6.27. The number of likely N-dealkylation sites (N-methyl/N-ethyl adjacent to an activating group) is 1. The maximum atomic E-state index is 6.27. The first-order valence-corrected chi connectivity index (χ1v) is 8.09. The van der Waals surface area contributed by atoms with E-state index in [0.29, 0.717) is 0 Å². The molecule has 5 heteroatoms. The molecule has 1 aliphatic rings. The van der Waals surface area contributed by atoms with E-state index < -0.39 is 0 Å². The molecule has 0 radical (unpaired) electrons. The molecule has 1 saturated carbocycles. The van der Waals surface area contributed by atoms with Crippen molar-refractivity contribution in [1.82, 2.24) is 15.3 Å². The standard InChI is InChI=1S/C16H27ClN4/c1-12-4-7-16(8-5-12,21(2)3)15(20-18)10-13-6-9-19-11-14(13)17/h6,9,11-12,15,20H,4-5,7-8,10,18H2,1-3H3. The highest BCUT2D eigenvalue weighted by Gasteiger charge is 2.42. The Morgan fingerprint density at radius 1 is 1.48 bits per heavy atom. The summed E-state index contributed by atoms with van der Waals surface area (Å²) in [6.07, 6.45) is 9.15. The molecule has 2 rings (SSSR count).